The van der Waals surface area contributed by atoms with E-state index in [1.807, 2.05) is 17.4 Å². The van der Waals surface area contributed by atoms with Gasteiger partial charge in [-0.3, -0.25) is 0 Å². The minimum Gasteiger partial charge on any atom is -0.423 e. The van der Waals surface area contributed by atoms with Crippen LogP contribution in [0.3, 0.4) is 0 Å². The van der Waals surface area contributed by atoms with E-state index in [0.29, 0.717) is 5.89 Å². The minimum absolute atomic E-state index is 0.550. The van der Waals surface area contributed by atoms with Gasteiger partial charge in [0.15, 0.2) is 0 Å². The molecule has 3 aromatic rings. The molecule has 102 valence electrons. The number of nitrogens with one attached hydrogen (secondary N) is 1. The van der Waals surface area contributed by atoms with Gasteiger partial charge >= 0.3 is 0 Å². The highest BCUT2D eigenvalue weighted by atomic mass is 32.1. The molecule has 1 N–H and O–H groups in total. The van der Waals surface area contributed by atoms with E-state index >= 15 is 0 Å². The van der Waals surface area contributed by atoms with E-state index in [0.717, 1.165) is 23.4 Å². The Bertz CT molecular complexity index is 704. The third-order valence-electron chi connectivity index (χ3n) is 3.08. The van der Waals surface area contributed by atoms with Crippen LogP contribution < -0.4 is 5.32 Å². The summed E-state index contributed by atoms with van der Waals surface area (Å²) in [5.74, 6) is 0.550. The van der Waals surface area contributed by atoms with Gasteiger partial charge in [-0.05, 0) is 49.7 Å². The number of aryl methyl sites for hydroxylation is 2. The highest BCUT2D eigenvalue weighted by Crippen LogP contribution is 2.24. The first-order valence-electron chi connectivity index (χ1n) is 6.39. The van der Waals surface area contributed by atoms with Crippen LogP contribution in [-0.4, -0.2) is 10.2 Å². The SMILES string of the molecule is Cc1ccc(CNc2ccc(-c3nnco3)cc2C)s1. The molecule has 5 heteroatoms. The first-order chi connectivity index (χ1) is 9.72. The molecule has 0 fully saturated rings. The molecule has 2 heterocycles. The molecule has 3 rings (SSSR count). The predicted molar refractivity (Wildman–Crippen MR) is 80.9 cm³/mol. The van der Waals surface area contributed by atoms with Crippen LogP contribution in [0.25, 0.3) is 11.5 Å². The lowest BCUT2D eigenvalue weighted by atomic mass is 10.1. The van der Waals surface area contributed by atoms with Crippen LogP contribution in [-0.2, 0) is 6.54 Å². The Morgan fingerprint density at radius 2 is 2.10 bits per heavy atom. The van der Waals surface area contributed by atoms with Gasteiger partial charge in [-0.2, -0.15) is 0 Å². The van der Waals surface area contributed by atoms with Crippen molar-refractivity contribution in [1.29, 1.82) is 0 Å². The fraction of sp³-hybridized carbons (Fsp3) is 0.200. The summed E-state index contributed by atoms with van der Waals surface area (Å²) in [7, 11) is 0. The van der Waals surface area contributed by atoms with Crippen LogP contribution in [0.1, 0.15) is 15.3 Å². The van der Waals surface area contributed by atoms with Crippen LogP contribution in [0.15, 0.2) is 41.1 Å². The van der Waals surface area contributed by atoms with E-state index in [1.54, 1.807) is 0 Å². The molecule has 0 saturated heterocycles. The maximum atomic E-state index is 5.21. The van der Waals surface area contributed by atoms with Crippen LogP contribution >= 0.6 is 11.3 Å². The van der Waals surface area contributed by atoms with Gasteiger partial charge in [-0.25, -0.2) is 0 Å². The zero-order valence-corrected chi connectivity index (χ0v) is 12.2. The van der Waals surface area contributed by atoms with Crippen molar-refractivity contribution in [3.8, 4) is 11.5 Å². The van der Waals surface area contributed by atoms with E-state index in [1.165, 1.54) is 16.1 Å². The molecule has 0 unspecified atom stereocenters. The molecule has 0 amide bonds. The molecule has 1 aromatic carbocycles. The summed E-state index contributed by atoms with van der Waals surface area (Å²) in [5, 5.41) is 11.1. The van der Waals surface area contributed by atoms with Crippen molar-refractivity contribution in [3.05, 3.63) is 52.0 Å². The lowest BCUT2D eigenvalue weighted by Gasteiger charge is -2.09. The number of hydrogen-bond acceptors (Lipinski definition) is 5. The van der Waals surface area contributed by atoms with E-state index in [-0.39, 0.29) is 0 Å². The molecule has 0 radical (unpaired) electrons. The Morgan fingerprint density at radius 3 is 2.75 bits per heavy atom. The molecule has 0 saturated carbocycles. The molecular weight excluding hydrogens is 270 g/mol. The lowest BCUT2D eigenvalue weighted by Crippen LogP contribution is -1.99. The molecule has 0 aliphatic rings. The Kier molecular flexibility index (Phi) is 3.52. The third-order valence-corrected chi connectivity index (χ3v) is 4.08. The van der Waals surface area contributed by atoms with Crippen molar-refractivity contribution < 1.29 is 4.42 Å². The van der Waals surface area contributed by atoms with Gasteiger partial charge in [-0.1, -0.05) is 0 Å². The maximum absolute atomic E-state index is 5.21. The molecular formula is C15H15N3OS. The Hall–Kier alpha value is -2.14. The minimum atomic E-state index is 0.550. The van der Waals surface area contributed by atoms with Crippen molar-refractivity contribution in [1.82, 2.24) is 10.2 Å². The smallest absolute Gasteiger partial charge is 0.247 e. The van der Waals surface area contributed by atoms with E-state index < -0.39 is 0 Å². The second kappa shape index (κ2) is 5.46. The van der Waals surface area contributed by atoms with Gasteiger partial charge in [0.05, 0.1) is 0 Å². The van der Waals surface area contributed by atoms with Gasteiger partial charge in [0.25, 0.3) is 0 Å². The molecule has 0 aliphatic heterocycles. The molecule has 20 heavy (non-hydrogen) atoms. The summed E-state index contributed by atoms with van der Waals surface area (Å²) in [4.78, 5) is 2.67. The third kappa shape index (κ3) is 2.72. The van der Waals surface area contributed by atoms with Crippen molar-refractivity contribution >= 4 is 17.0 Å². The number of hydrogen-bond donors (Lipinski definition) is 1. The Morgan fingerprint density at radius 1 is 1.20 bits per heavy atom. The molecule has 0 atom stereocenters. The fourth-order valence-electron chi connectivity index (χ4n) is 2.06. The van der Waals surface area contributed by atoms with Crippen molar-refractivity contribution in [2.75, 3.05) is 5.32 Å². The van der Waals surface area contributed by atoms with Gasteiger partial charge in [0.1, 0.15) is 0 Å². The first kappa shape index (κ1) is 12.9. The normalized spacial score (nSPS) is 10.7. The molecule has 4 nitrogen and oxygen atoms in total. The Balaban J connectivity index is 1.74. The summed E-state index contributed by atoms with van der Waals surface area (Å²) in [6.45, 7) is 5.04. The molecule has 2 aromatic heterocycles. The van der Waals surface area contributed by atoms with Crippen molar-refractivity contribution in [2.45, 2.75) is 20.4 Å². The van der Waals surface area contributed by atoms with Crippen molar-refractivity contribution in [2.24, 2.45) is 0 Å². The number of aromatic nitrogens is 2. The van der Waals surface area contributed by atoms with Gasteiger partial charge in [0, 0.05) is 27.5 Å². The van der Waals surface area contributed by atoms with Crippen molar-refractivity contribution in [3.63, 3.8) is 0 Å². The summed E-state index contributed by atoms with van der Waals surface area (Å²) >= 11 is 1.82. The van der Waals surface area contributed by atoms with Gasteiger partial charge in [-0.15, -0.1) is 21.5 Å². The Labute approximate surface area is 121 Å². The summed E-state index contributed by atoms with van der Waals surface area (Å²) in [6.07, 6.45) is 1.34. The van der Waals surface area contributed by atoms with E-state index in [4.69, 9.17) is 4.42 Å². The lowest BCUT2D eigenvalue weighted by molar-refractivity contribution is 0.568. The zero-order chi connectivity index (χ0) is 13.9. The average Bonchev–Trinajstić information content (AvgIpc) is 3.08. The second-order valence-electron chi connectivity index (χ2n) is 4.64. The maximum Gasteiger partial charge on any atom is 0.247 e. The van der Waals surface area contributed by atoms with Gasteiger partial charge < -0.3 is 9.73 Å². The van der Waals surface area contributed by atoms with Crippen LogP contribution in [0.5, 0.6) is 0 Å². The zero-order valence-electron chi connectivity index (χ0n) is 11.4. The van der Waals surface area contributed by atoms with E-state index in [9.17, 15) is 0 Å². The molecule has 0 bridgehead atoms. The second-order valence-corrected chi connectivity index (χ2v) is 6.01. The molecule has 0 aliphatic carbocycles. The standard InChI is InChI=1S/C15H15N3OS/c1-10-7-12(15-18-17-9-19-15)4-6-14(10)16-8-13-5-3-11(2)20-13/h3-7,9,16H,8H2,1-2H3. The summed E-state index contributed by atoms with van der Waals surface area (Å²) in [5.41, 5.74) is 3.23. The number of rotatable bonds is 4. The highest BCUT2D eigenvalue weighted by molar-refractivity contribution is 7.11. The van der Waals surface area contributed by atoms with E-state index in [2.05, 4.69) is 53.6 Å². The van der Waals surface area contributed by atoms with Crippen LogP contribution in [0.2, 0.25) is 0 Å². The number of nitrogens with zero attached hydrogens (tertiary/aromatic N) is 2. The quantitative estimate of drug-likeness (QED) is 0.786. The number of anilines is 1. The monoisotopic (exact) mass is 285 g/mol. The highest BCUT2D eigenvalue weighted by Gasteiger charge is 2.06. The van der Waals surface area contributed by atoms with Crippen LogP contribution in [0, 0.1) is 13.8 Å². The number of thiophene rings is 1. The summed E-state index contributed by atoms with van der Waals surface area (Å²) < 4.78 is 5.21. The largest absolute Gasteiger partial charge is 0.423 e. The summed E-state index contributed by atoms with van der Waals surface area (Å²) in [6, 6.07) is 10.4. The average molecular weight is 285 g/mol. The molecule has 0 spiro atoms. The van der Waals surface area contributed by atoms with Crippen LogP contribution in [0.4, 0.5) is 5.69 Å². The van der Waals surface area contributed by atoms with Gasteiger partial charge in [0.2, 0.25) is 12.3 Å². The fourth-order valence-corrected chi connectivity index (χ4v) is 2.89. The topological polar surface area (TPSA) is 51.0 Å². The number of benzene rings is 1. The predicted octanol–water partition coefficient (Wildman–Crippen LogP) is 4.03. The first-order valence-corrected chi connectivity index (χ1v) is 7.20.